The summed E-state index contributed by atoms with van der Waals surface area (Å²) in [6.45, 7) is 2.19. The highest BCUT2D eigenvalue weighted by Gasteiger charge is 2.11. The van der Waals surface area contributed by atoms with Crippen LogP contribution in [0, 0.1) is 0 Å². The Bertz CT molecular complexity index is 188. The van der Waals surface area contributed by atoms with E-state index in [1.807, 2.05) is 0 Å². The summed E-state index contributed by atoms with van der Waals surface area (Å²) < 4.78 is 0. The van der Waals surface area contributed by atoms with E-state index in [0.717, 1.165) is 19.3 Å². The highest BCUT2D eigenvalue weighted by molar-refractivity contribution is 6.20. The molecule has 1 unspecified atom stereocenters. The van der Waals surface area contributed by atoms with Gasteiger partial charge in [-0.1, -0.05) is 32.6 Å². The molecule has 0 bridgehead atoms. The molecule has 0 aromatic heterocycles. The van der Waals surface area contributed by atoms with E-state index < -0.39 is 0 Å². The molecule has 0 aromatic carbocycles. The maximum atomic E-state index is 11.4. The van der Waals surface area contributed by atoms with Crippen molar-refractivity contribution in [2.24, 2.45) is 0 Å². The number of hydrogen-bond donors (Lipinski definition) is 0. The van der Waals surface area contributed by atoms with E-state index in [1.165, 1.54) is 31.4 Å². The molecule has 0 radical (unpaired) electrons. The average Bonchev–Trinajstić information content (AvgIpc) is 2.30. The number of amides is 1. The van der Waals surface area contributed by atoms with Crippen LogP contribution in [-0.2, 0) is 9.63 Å². The van der Waals surface area contributed by atoms with Gasteiger partial charge in [-0.2, -0.15) is 0 Å². The molecule has 0 aliphatic carbocycles. The van der Waals surface area contributed by atoms with Gasteiger partial charge in [0, 0.05) is 18.8 Å². The number of halogens is 1. The number of hydrogen-bond acceptors (Lipinski definition) is 2. The van der Waals surface area contributed by atoms with Gasteiger partial charge in [0.2, 0.25) is 5.91 Å². The predicted molar refractivity (Wildman–Crippen MR) is 67.4 cm³/mol. The molecule has 0 aliphatic rings. The fourth-order valence-electron chi connectivity index (χ4n) is 1.48. The van der Waals surface area contributed by atoms with Crippen molar-refractivity contribution in [3.8, 4) is 0 Å². The van der Waals surface area contributed by atoms with E-state index in [-0.39, 0.29) is 11.3 Å². The first-order valence-corrected chi connectivity index (χ1v) is 6.50. The fraction of sp³-hybridized carbons (Fsp3) is 0.917. The van der Waals surface area contributed by atoms with Crippen molar-refractivity contribution >= 4 is 17.5 Å². The standard InChI is InChI=1S/C12H24ClNO2/c1-4-5-6-7-8-11(13)9-10-12(15)14(2)16-3/h11H,4-10H2,1-3H3. The zero-order valence-electron chi connectivity index (χ0n) is 10.7. The van der Waals surface area contributed by atoms with E-state index in [4.69, 9.17) is 16.4 Å². The quantitative estimate of drug-likeness (QED) is 0.356. The molecular weight excluding hydrogens is 226 g/mol. The Kier molecular flexibility index (Phi) is 9.74. The lowest BCUT2D eigenvalue weighted by Gasteiger charge is -2.14. The Morgan fingerprint density at radius 3 is 2.56 bits per heavy atom. The third-order valence-electron chi connectivity index (χ3n) is 2.67. The van der Waals surface area contributed by atoms with Gasteiger partial charge >= 0.3 is 0 Å². The second-order valence-corrected chi connectivity index (χ2v) is 4.68. The van der Waals surface area contributed by atoms with Crippen molar-refractivity contribution in [2.45, 2.75) is 57.2 Å². The van der Waals surface area contributed by atoms with Crippen molar-refractivity contribution in [3.05, 3.63) is 0 Å². The van der Waals surface area contributed by atoms with E-state index in [0.29, 0.717) is 6.42 Å². The van der Waals surface area contributed by atoms with Crippen LogP contribution in [0.5, 0.6) is 0 Å². The largest absolute Gasteiger partial charge is 0.275 e. The SMILES string of the molecule is CCCCCCC(Cl)CCC(=O)N(C)OC. The number of nitrogens with zero attached hydrogens (tertiary/aromatic N) is 1. The highest BCUT2D eigenvalue weighted by atomic mass is 35.5. The minimum atomic E-state index is -0.0123. The van der Waals surface area contributed by atoms with Gasteiger partial charge in [0.25, 0.3) is 0 Å². The molecule has 0 rings (SSSR count). The molecule has 96 valence electrons. The third kappa shape index (κ3) is 7.94. The zero-order valence-corrected chi connectivity index (χ0v) is 11.4. The van der Waals surface area contributed by atoms with Crippen molar-refractivity contribution in [1.82, 2.24) is 5.06 Å². The smallest absolute Gasteiger partial charge is 0.245 e. The molecule has 3 nitrogen and oxygen atoms in total. The van der Waals surface area contributed by atoms with Crippen molar-refractivity contribution < 1.29 is 9.63 Å². The van der Waals surface area contributed by atoms with Crippen LogP contribution in [0.2, 0.25) is 0 Å². The molecule has 1 atom stereocenters. The maximum absolute atomic E-state index is 11.4. The molecule has 0 aromatic rings. The summed E-state index contributed by atoms with van der Waals surface area (Å²) in [6.07, 6.45) is 7.12. The van der Waals surface area contributed by atoms with Gasteiger partial charge in [-0.3, -0.25) is 9.63 Å². The molecule has 4 heteroatoms. The van der Waals surface area contributed by atoms with E-state index in [2.05, 4.69) is 6.92 Å². The average molecular weight is 250 g/mol. The highest BCUT2D eigenvalue weighted by Crippen LogP contribution is 2.15. The van der Waals surface area contributed by atoms with Crippen LogP contribution in [0.1, 0.15) is 51.9 Å². The molecular formula is C12H24ClNO2. The Morgan fingerprint density at radius 2 is 2.00 bits per heavy atom. The lowest BCUT2D eigenvalue weighted by atomic mass is 10.1. The molecule has 0 N–H and O–H groups in total. The summed E-state index contributed by atoms with van der Waals surface area (Å²) in [5.41, 5.74) is 0. The molecule has 0 fully saturated rings. The summed E-state index contributed by atoms with van der Waals surface area (Å²) >= 11 is 6.14. The molecule has 16 heavy (non-hydrogen) atoms. The molecule has 0 spiro atoms. The summed E-state index contributed by atoms with van der Waals surface area (Å²) in [5.74, 6) is -0.0123. The number of hydroxylamine groups is 2. The Hall–Kier alpha value is -0.280. The first-order valence-electron chi connectivity index (χ1n) is 6.06. The second kappa shape index (κ2) is 9.91. The normalized spacial score (nSPS) is 12.5. The monoisotopic (exact) mass is 249 g/mol. The van der Waals surface area contributed by atoms with Crippen LogP contribution in [0.15, 0.2) is 0 Å². The molecule has 1 amide bonds. The van der Waals surface area contributed by atoms with Crippen LogP contribution >= 0.6 is 11.6 Å². The summed E-state index contributed by atoms with van der Waals surface area (Å²) in [4.78, 5) is 16.2. The van der Waals surface area contributed by atoms with Crippen LogP contribution in [0.25, 0.3) is 0 Å². The van der Waals surface area contributed by atoms with Gasteiger partial charge in [0.15, 0.2) is 0 Å². The lowest BCUT2D eigenvalue weighted by Crippen LogP contribution is -2.25. The molecule has 0 heterocycles. The number of unbranched alkanes of at least 4 members (excludes halogenated alkanes) is 3. The van der Waals surface area contributed by atoms with E-state index in [1.54, 1.807) is 7.05 Å². The van der Waals surface area contributed by atoms with E-state index in [9.17, 15) is 4.79 Å². The summed E-state index contributed by atoms with van der Waals surface area (Å²) in [5, 5.41) is 1.37. The maximum Gasteiger partial charge on any atom is 0.245 e. The fourth-order valence-corrected chi connectivity index (χ4v) is 1.74. The van der Waals surface area contributed by atoms with Crippen molar-refractivity contribution in [1.29, 1.82) is 0 Å². The van der Waals surface area contributed by atoms with Gasteiger partial charge < -0.3 is 0 Å². The number of rotatable bonds is 9. The van der Waals surface area contributed by atoms with Gasteiger partial charge in [0.05, 0.1) is 7.11 Å². The second-order valence-electron chi connectivity index (χ2n) is 4.06. The predicted octanol–water partition coefficient (Wildman–Crippen LogP) is 3.36. The van der Waals surface area contributed by atoms with Crippen LogP contribution < -0.4 is 0 Å². The minimum absolute atomic E-state index is 0.0123. The van der Waals surface area contributed by atoms with Gasteiger partial charge in [-0.15, -0.1) is 11.6 Å². The summed E-state index contributed by atoms with van der Waals surface area (Å²) in [7, 11) is 3.10. The van der Waals surface area contributed by atoms with Gasteiger partial charge in [-0.05, 0) is 12.8 Å². The Morgan fingerprint density at radius 1 is 1.31 bits per heavy atom. The first-order chi connectivity index (χ1) is 7.61. The van der Waals surface area contributed by atoms with Gasteiger partial charge in [0.1, 0.15) is 0 Å². The molecule has 0 aliphatic heterocycles. The number of carbonyl (C=O) groups is 1. The Balaban J connectivity index is 3.49. The zero-order chi connectivity index (χ0) is 12.4. The number of alkyl halides is 1. The molecule has 0 saturated heterocycles. The lowest BCUT2D eigenvalue weighted by molar-refractivity contribution is -0.168. The van der Waals surface area contributed by atoms with Crippen LogP contribution in [0.3, 0.4) is 0 Å². The Labute approximate surface area is 104 Å². The topological polar surface area (TPSA) is 29.5 Å². The minimum Gasteiger partial charge on any atom is -0.275 e. The summed E-state index contributed by atoms with van der Waals surface area (Å²) in [6, 6.07) is 0. The van der Waals surface area contributed by atoms with Gasteiger partial charge in [-0.25, -0.2) is 5.06 Å². The van der Waals surface area contributed by atoms with Crippen LogP contribution in [-0.4, -0.2) is 30.5 Å². The molecule has 0 saturated carbocycles. The van der Waals surface area contributed by atoms with Crippen molar-refractivity contribution in [2.75, 3.05) is 14.2 Å². The number of carbonyl (C=O) groups excluding carboxylic acids is 1. The van der Waals surface area contributed by atoms with Crippen molar-refractivity contribution in [3.63, 3.8) is 0 Å². The van der Waals surface area contributed by atoms with Crippen LogP contribution in [0.4, 0.5) is 0 Å². The van der Waals surface area contributed by atoms with E-state index >= 15 is 0 Å². The third-order valence-corrected chi connectivity index (χ3v) is 3.10. The first kappa shape index (κ1) is 15.7.